The van der Waals surface area contributed by atoms with E-state index in [0.717, 1.165) is 25.2 Å². The average Bonchev–Trinajstić information content (AvgIpc) is 2.46. The van der Waals surface area contributed by atoms with E-state index >= 15 is 0 Å². The topological polar surface area (TPSA) is 42.2 Å². The van der Waals surface area contributed by atoms with Crippen LogP contribution in [0.4, 0.5) is 0 Å². The molecule has 1 aromatic heterocycles. The van der Waals surface area contributed by atoms with Crippen molar-refractivity contribution in [2.45, 2.75) is 45.2 Å². The molecule has 0 aromatic carbocycles. The monoisotopic (exact) mass is 281 g/mol. The molecule has 2 unspecified atom stereocenters. The molecular weight excluding hydrogens is 258 g/mol. The van der Waals surface area contributed by atoms with Crippen LogP contribution in [0.25, 0.3) is 0 Å². The second kappa shape index (κ2) is 7.22. The van der Waals surface area contributed by atoms with Gasteiger partial charge in [0.1, 0.15) is 5.15 Å². The summed E-state index contributed by atoms with van der Waals surface area (Å²) in [5, 5.41) is 0.626. The molecule has 2 atom stereocenters. The van der Waals surface area contributed by atoms with Crippen molar-refractivity contribution in [1.29, 1.82) is 0 Å². The van der Waals surface area contributed by atoms with Crippen molar-refractivity contribution in [3.05, 3.63) is 29.0 Å². The van der Waals surface area contributed by atoms with E-state index in [4.69, 9.17) is 17.3 Å². The molecule has 1 aliphatic rings. The largest absolute Gasteiger partial charge is 0.330 e. The van der Waals surface area contributed by atoms with Crippen molar-refractivity contribution in [3.8, 4) is 0 Å². The average molecular weight is 282 g/mol. The molecule has 3 nitrogen and oxygen atoms in total. The van der Waals surface area contributed by atoms with Gasteiger partial charge in [-0.05, 0) is 37.9 Å². The van der Waals surface area contributed by atoms with Crippen LogP contribution in [0.5, 0.6) is 0 Å². The molecule has 0 spiro atoms. The van der Waals surface area contributed by atoms with Gasteiger partial charge in [-0.25, -0.2) is 4.98 Å². The van der Waals surface area contributed by atoms with Crippen LogP contribution in [0.1, 0.15) is 38.2 Å². The number of pyridine rings is 1. The standard InChI is InChI=1S/C15H24ClN3/c1-2-19(11-13-7-5-9-18-15(13)16)14-8-4-3-6-12(14)10-17/h5,7,9,12,14H,2-4,6,8,10-11,17H2,1H3. The van der Waals surface area contributed by atoms with Crippen LogP contribution in [0.2, 0.25) is 5.15 Å². The number of nitrogens with zero attached hydrogens (tertiary/aromatic N) is 2. The lowest BCUT2D eigenvalue weighted by molar-refractivity contribution is 0.105. The molecule has 0 radical (unpaired) electrons. The van der Waals surface area contributed by atoms with Gasteiger partial charge in [0.05, 0.1) is 0 Å². The van der Waals surface area contributed by atoms with Gasteiger partial charge in [-0.1, -0.05) is 37.4 Å². The third-order valence-corrected chi connectivity index (χ3v) is 4.60. The molecular formula is C15H24ClN3. The summed E-state index contributed by atoms with van der Waals surface area (Å²) in [5.41, 5.74) is 7.06. The van der Waals surface area contributed by atoms with Crippen molar-refractivity contribution in [2.24, 2.45) is 11.7 Å². The van der Waals surface area contributed by atoms with Crippen LogP contribution in [-0.2, 0) is 6.54 Å². The zero-order chi connectivity index (χ0) is 13.7. The highest BCUT2D eigenvalue weighted by Crippen LogP contribution is 2.29. The molecule has 2 N–H and O–H groups in total. The van der Waals surface area contributed by atoms with Crippen LogP contribution in [0.15, 0.2) is 18.3 Å². The Morgan fingerprint density at radius 3 is 2.89 bits per heavy atom. The Morgan fingerprint density at radius 1 is 1.42 bits per heavy atom. The summed E-state index contributed by atoms with van der Waals surface area (Å²) >= 11 is 6.17. The van der Waals surface area contributed by atoms with Crippen molar-refractivity contribution in [3.63, 3.8) is 0 Å². The zero-order valence-corrected chi connectivity index (χ0v) is 12.4. The lowest BCUT2D eigenvalue weighted by Crippen LogP contribution is -2.44. The molecule has 1 fully saturated rings. The minimum absolute atomic E-state index is 0.597. The minimum Gasteiger partial charge on any atom is -0.330 e. The third-order valence-electron chi connectivity index (χ3n) is 4.26. The van der Waals surface area contributed by atoms with Crippen LogP contribution in [-0.4, -0.2) is 29.0 Å². The molecule has 0 amide bonds. The Bertz CT molecular complexity index is 397. The maximum atomic E-state index is 6.17. The van der Waals surface area contributed by atoms with Gasteiger partial charge in [0, 0.05) is 24.3 Å². The molecule has 0 saturated heterocycles. The van der Waals surface area contributed by atoms with Crippen LogP contribution in [0.3, 0.4) is 0 Å². The SMILES string of the molecule is CCN(Cc1cccnc1Cl)C1CCCCC1CN. The first kappa shape index (κ1) is 14.8. The highest BCUT2D eigenvalue weighted by molar-refractivity contribution is 6.30. The molecule has 1 saturated carbocycles. The van der Waals surface area contributed by atoms with Gasteiger partial charge in [-0.2, -0.15) is 0 Å². The van der Waals surface area contributed by atoms with Crippen LogP contribution >= 0.6 is 11.6 Å². The Labute approximate surface area is 121 Å². The minimum atomic E-state index is 0.597. The molecule has 0 bridgehead atoms. The van der Waals surface area contributed by atoms with Gasteiger partial charge in [0.15, 0.2) is 0 Å². The maximum Gasteiger partial charge on any atom is 0.133 e. The molecule has 1 aromatic rings. The maximum absolute atomic E-state index is 6.17. The highest BCUT2D eigenvalue weighted by atomic mass is 35.5. The number of rotatable bonds is 5. The van der Waals surface area contributed by atoms with Crippen LogP contribution < -0.4 is 5.73 Å². The lowest BCUT2D eigenvalue weighted by Gasteiger charge is -2.39. The number of hydrogen-bond donors (Lipinski definition) is 1. The number of hydrogen-bond acceptors (Lipinski definition) is 3. The number of aromatic nitrogens is 1. The van der Waals surface area contributed by atoms with E-state index in [-0.39, 0.29) is 0 Å². The Kier molecular flexibility index (Phi) is 5.61. The van der Waals surface area contributed by atoms with E-state index in [1.807, 2.05) is 6.07 Å². The number of halogens is 1. The Hall–Kier alpha value is -0.640. The third kappa shape index (κ3) is 3.68. The summed E-state index contributed by atoms with van der Waals surface area (Å²) in [5.74, 6) is 0.629. The van der Waals surface area contributed by atoms with E-state index in [9.17, 15) is 0 Å². The zero-order valence-electron chi connectivity index (χ0n) is 11.7. The Morgan fingerprint density at radius 2 is 2.21 bits per heavy atom. The van der Waals surface area contributed by atoms with Gasteiger partial charge in [-0.15, -0.1) is 0 Å². The van der Waals surface area contributed by atoms with Crippen LogP contribution in [0, 0.1) is 5.92 Å². The summed E-state index contributed by atoms with van der Waals surface area (Å²) in [6.45, 7) is 4.92. The molecule has 1 heterocycles. The first-order chi connectivity index (χ1) is 9.26. The molecule has 19 heavy (non-hydrogen) atoms. The van der Waals surface area contributed by atoms with Gasteiger partial charge < -0.3 is 5.73 Å². The fraction of sp³-hybridized carbons (Fsp3) is 0.667. The fourth-order valence-electron chi connectivity index (χ4n) is 3.16. The second-order valence-corrected chi connectivity index (χ2v) is 5.72. The van der Waals surface area contributed by atoms with Crippen molar-refractivity contribution in [1.82, 2.24) is 9.88 Å². The van der Waals surface area contributed by atoms with Gasteiger partial charge in [0.2, 0.25) is 0 Å². The van der Waals surface area contributed by atoms with Crippen molar-refractivity contribution >= 4 is 11.6 Å². The van der Waals surface area contributed by atoms with E-state index in [0.29, 0.717) is 17.1 Å². The summed E-state index contributed by atoms with van der Waals surface area (Å²) < 4.78 is 0. The summed E-state index contributed by atoms with van der Waals surface area (Å²) in [6.07, 6.45) is 6.90. The van der Waals surface area contributed by atoms with E-state index in [1.165, 1.54) is 25.7 Å². The Balaban J connectivity index is 2.08. The molecule has 0 aliphatic heterocycles. The molecule has 2 rings (SSSR count). The summed E-state index contributed by atoms with van der Waals surface area (Å²) in [4.78, 5) is 6.68. The normalized spacial score (nSPS) is 23.8. The van der Waals surface area contributed by atoms with Crippen molar-refractivity contribution in [2.75, 3.05) is 13.1 Å². The first-order valence-electron chi connectivity index (χ1n) is 7.29. The first-order valence-corrected chi connectivity index (χ1v) is 7.67. The van der Waals surface area contributed by atoms with Gasteiger partial charge >= 0.3 is 0 Å². The van der Waals surface area contributed by atoms with Crippen molar-refractivity contribution < 1.29 is 0 Å². The summed E-state index contributed by atoms with van der Waals surface area (Å²) in [7, 11) is 0. The van der Waals surface area contributed by atoms with Gasteiger partial charge in [-0.3, -0.25) is 4.90 Å². The fourth-order valence-corrected chi connectivity index (χ4v) is 3.34. The smallest absolute Gasteiger partial charge is 0.133 e. The molecule has 1 aliphatic carbocycles. The van der Waals surface area contributed by atoms with E-state index in [2.05, 4.69) is 22.9 Å². The highest BCUT2D eigenvalue weighted by Gasteiger charge is 2.28. The molecule has 4 heteroatoms. The quantitative estimate of drug-likeness (QED) is 0.844. The predicted molar refractivity (Wildman–Crippen MR) is 80.1 cm³/mol. The summed E-state index contributed by atoms with van der Waals surface area (Å²) in [6, 6.07) is 4.62. The lowest BCUT2D eigenvalue weighted by atomic mass is 9.83. The predicted octanol–water partition coefficient (Wildman–Crippen LogP) is 3.07. The molecule has 106 valence electrons. The van der Waals surface area contributed by atoms with E-state index < -0.39 is 0 Å². The van der Waals surface area contributed by atoms with Gasteiger partial charge in [0.25, 0.3) is 0 Å². The second-order valence-electron chi connectivity index (χ2n) is 5.36. The number of nitrogens with two attached hydrogens (primary N) is 1. The van der Waals surface area contributed by atoms with E-state index in [1.54, 1.807) is 6.20 Å².